The number of hydrogen-bond donors (Lipinski definition) is 2. The molecule has 0 fully saturated rings. The predicted molar refractivity (Wildman–Crippen MR) is 111 cm³/mol. The van der Waals surface area contributed by atoms with E-state index < -0.39 is 17.5 Å². The van der Waals surface area contributed by atoms with Gasteiger partial charge in [0.1, 0.15) is 0 Å². The highest BCUT2D eigenvalue weighted by Crippen LogP contribution is 2.32. The first-order valence-electron chi connectivity index (χ1n) is 8.05. The molecule has 2 aromatic rings. The summed E-state index contributed by atoms with van der Waals surface area (Å²) in [5.74, 6) is -2.96. The van der Waals surface area contributed by atoms with Gasteiger partial charge in [0.05, 0.1) is 28.9 Å². The van der Waals surface area contributed by atoms with E-state index in [1.54, 1.807) is 6.07 Å². The lowest BCUT2D eigenvalue weighted by Gasteiger charge is -2.16. The Morgan fingerprint density at radius 3 is 2.63 bits per heavy atom. The summed E-state index contributed by atoms with van der Waals surface area (Å²) in [4.78, 5) is 17.4. The number of hydroxylamine groups is 1. The predicted octanol–water partition coefficient (Wildman–Crippen LogP) is 5.08. The van der Waals surface area contributed by atoms with Gasteiger partial charge in [0.25, 0.3) is 5.91 Å². The highest BCUT2D eigenvalue weighted by atomic mass is 127. The van der Waals surface area contributed by atoms with E-state index >= 15 is 0 Å². The van der Waals surface area contributed by atoms with Gasteiger partial charge in [0.15, 0.2) is 11.6 Å². The average Bonchev–Trinajstić information content (AvgIpc) is 2.63. The summed E-state index contributed by atoms with van der Waals surface area (Å²) in [6, 6.07) is 6.63. The highest BCUT2D eigenvalue weighted by molar-refractivity contribution is 14.1. The molecule has 1 amide bonds. The zero-order valence-electron chi connectivity index (χ0n) is 14.7. The fourth-order valence-corrected chi connectivity index (χ4v) is 3.26. The van der Waals surface area contributed by atoms with Crippen molar-refractivity contribution in [1.82, 2.24) is 5.48 Å². The summed E-state index contributed by atoms with van der Waals surface area (Å²) in [5, 5.41) is 2.82. The number of carbonyl (C=O) groups excluding carboxylic acids is 1. The fourth-order valence-electron chi connectivity index (χ4n) is 2.21. The standard InChI is InChI=1S/C18H18BrF2IN2O3/c1-3-26-6-7-27-24-18(25)12-9-13(19)15(20)16(21)17(12)23-14-5-4-11(22)8-10(14)2/h4-5,8-9,23H,3,6-7H2,1-2H3,(H,24,25). The molecule has 2 rings (SSSR count). The van der Waals surface area contributed by atoms with E-state index in [0.717, 1.165) is 9.13 Å². The Morgan fingerprint density at radius 1 is 1.22 bits per heavy atom. The molecule has 9 heteroatoms. The Morgan fingerprint density at radius 2 is 1.96 bits per heavy atom. The molecule has 27 heavy (non-hydrogen) atoms. The summed E-state index contributed by atoms with van der Waals surface area (Å²) in [7, 11) is 0. The molecule has 0 aliphatic carbocycles. The van der Waals surface area contributed by atoms with Crippen LogP contribution in [0.1, 0.15) is 22.8 Å². The van der Waals surface area contributed by atoms with Crippen molar-refractivity contribution in [1.29, 1.82) is 0 Å². The largest absolute Gasteiger partial charge is 0.379 e. The Balaban J connectivity index is 2.29. The third kappa shape index (κ3) is 5.84. The van der Waals surface area contributed by atoms with Crippen LogP contribution in [0, 0.1) is 22.1 Å². The number of anilines is 2. The maximum Gasteiger partial charge on any atom is 0.277 e. The molecular formula is C18H18BrF2IN2O3. The molecule has 0 aliphatic rings. The van der Waals surface area contributed by atoms with Gasteiger partial charge < -0.3 is 10.1 Å². The quantitative estimate of drug-likeness (QED) is 0.207. The van der Waals surface area contributed by atoms with E-state index in [9.17, 15) is 13.6 Å². The van der Waals surface area contributed by atoms with Gasteiger partial charge >= 0.3 is 0 Å². The number of halogens is 4. The lowest BCUT2D eigenvalue weighted by molar-refractivity contribution is 0.00168. The zero-order chi connectivity index (χ0) is 20.0. The lowest BCUT2D eigenvalue weighted by atomic mass is 10.1. The maximum absolute atomic E-state index is 14.6. The molecule has 0 saturated carbocycles. The normalized spacial score (nSPS) is 10.7. The number of benzene rings is 2. The van der Waals surface area contributed by atoms with Crippen molar-refractivity contribution in [3.8, 4) is 0 Å². The molecule has 0 spiro atoms. The number of aryl methyl sites for hydroxylation is 1. The van der Waals surface area contributed by atoms with Gasteiger partial charge in [-0.25, -0.2) is 14.3 Å². The Kier molecular flexibility index (Phi) is 8.39. The van der Waals surface area contributed by atoms with Crippen molar-refractivity contribution in [2.24, 2.45) is 0 Å². The molecule has 0 unspecified atom stereocenters. The van der Waals surface area contributed by atoms with Crippen molar-refractivity contribution < 1.29 is 23.1 Å². The van der Waals surface area contributed by atoms with Gasteiger partial charge in [0, 0.05) is 15.9 Å². The monoisotopic (exact) mass is 554 g/mol. The number of carbonyl (C=O) groups is 1. The summed E-state index contributed by atoms with van der Waals surface area (Å²) < 4.78 is 34.5. The summed E-state index contributed by atoms with van der Waals surface area (Å²) in [6.45, 7) is 4.61. The molecule has 0 heterocycles. The maximum atomic E-state index is 14.6. The third-order valence-corrected chi connectivity index (χ3v) is 4.80. The second-order valence-electron chi connectivity index (χ2n) is 5.47. The molecule has 0 aromatic heterocycles. The van der Waals surface area contributed by atoms with Crippen LogP contribution >= 0.6 is 38.5 Å². The van der Waals surface area contributed by atoms with E-state index in [-0.39, 0.29) is 22.3 Å². The second-order valence-corrected chi connectivity index (χ2v) is 7.57. The average molecular weight is 555 g/mol. The molecule has 0 bridgehead atoms. The van der Waals surface area contributed by atoms with Crippen molar-refractivity contribution in [2.45, 2.75) is 13.8 Å². The molecule has 0 atom stereocenters. The minimum absolute atomic E-state index is 0.102. The van der Waals surface area contributed by atoms with Gasteiger partial charge in [-0.1, -0.05) is 0 Å². The lowest BCUT2D eigenvalue weighted by Crippen LogP contribution is -2.26. The molecule has 0 saturated heterocycles. The molecule has 2 N–H and O–H groups in total. The van der Waals surface area contributed by atoms with E-state index in [1.165, 1.54) is 6.07 Å². The highest BCUT2D eigenvalue weighted by Gasteiger charge is 2.22. The van der Waals surface area contributed by atoms with Gasteiger partial charge in [-0.3, -0.25) is 9.63 Å². The molecule has 146 valence electrons. The Hall–Kier alpha value is -1.30. The van der Waals surface area contributed by atoms with Crippen LogP contribution in [0.2, 0.25) is 0 Å². The van der Waals surface area contributed by atoms with Crippen LogP contribution in [0.4, 0.5) is 20.2 Å². The first-order chi connectivity index (χ1) is 12.8. The van der Waals surface area contributed by atoms with Gasteiger partial charge in [-0.05, 0) is 82.2 Å². The SMILES string of the molecule is CCOCCONC(=O)c1cc(Br)c(F)c(F)c1Nc1ccc(I)cc1C. The molecular weight excluding hydrogens is 537 g/mol. The van der Waals surface area contributed by atoms with Gasteiger partial charge in [-0.15, -0.1) is 0 Å². The fraction of sp³-hybridized carbons (Fsp3) is 0.278. The summed E-state index contributed by atoms with van der Waals surface area (Å²) >= 11 is 5.08. The third-order valence-electron chi connectivity index (χ3n) is 3.55. The van der Waals surface area contributed by atoms with Crippen LogP contribution in [0.5, 0.6) is 0 Å². The minimum atomic E-state index is -1.17. The van der Waals surface area contributed by atoms with Crippen LogP contribution in [0.3, 0.4) is 0 Å². The number of rotatable bonds is 8. The van der Waals surface area contributed by atoms with E-state index in [4.69, 9.17) is 9.57 Å². The van der Waals surface area contributed by atoms with E-state index in [2.05, 4.69) is 49.3 Å². The van der Waals surface area contributed by atoms with E-state index in [0.29, 0.717) is 18.9 Å². The van der Waals surface area contributed by atoms with Crippen molar-refractivity contribution in [2.75, 3.05) is 25.1 Å². The summed E-state index contributed by atoms with van der Waals surface area (Å²) in [5.41, 5.74) is 3.22. The van der Waals surface area contributed by atoms with Crippen LogP contribution in [0.15, 0.2) is 28.7 Å². The van der Waals surface area contributed by atoms with Crippen LogP contribution in [-0.4, -0.2) is 25.7 Å². The molecule has 0 radical (unpaired) electrons. The molecule has 0 aliphatic heterocycles. The molecule has 2 aromatic carbocycles. The number of ether oxygens (including phenoxy) is 1. The first kappa shape index (κ1) is 22.0. The van der Waals surface area contributed by atoms with Gasteiger partial charge in [0.2, 0.25) is 0 Å². The molecule has 5 nitrogen and oxygen atoms in total. The van der Waals surface area contributed by atoms with Crippen LogP contribution in [0.25, 0.3) is 0 Å². The van der Waals surface area contributed by atoms with Crippen molar-refractivity contribution in [3.05, 3.63) is 55.1 Å². The minimum Gasteiger partial charge on any atom is -0.379 e. The topological polar surface area (TPSA) is 59.6 Å². The van der Waals surface area contributed by atoms with Crippen LogP contribution < -0.4 is 10.8 Å². The van der Waals surface area contributed by atoms with Crippen LogP contribution in [-0.2, 0) is 9.57 Å². The number of amides is 1. The first-order valence-corrected chi connectivity index (χ1v) is 9.92. The smallest absolute Gasteiger partial charge is 0.277 e. The number of nitrogens with one attached hydrogen (secondary N) is 2. The van der Waals surface area contributed by atoms with Gasteiger partial charge in [-0.2, -0.15) is 0 Å². The Labute approximate surface area is 178 Å². The zero-order valence-corrected chi connectivity index (χ0v) is 18.4. The van der Waals surface area contributed by atoms with Crippen molar-refractivity contribution in [3.63, 3.8) is 0 Å². The number of hydrogen-bond acceptors (Lipinski definition) is 4. The Bertz CT molecular complexity index is 837. The second kappa shape index (κ2) is 10.3. The van der Waals surface area contributed by atoms with E-state index in [1.807, 2.05) is 26.0 Å². The summed E-state index contributed by atoms with van der Waals surface area (Å²) in [6.07, 6.45) is 0. The van der Waals surface area contributed by atoms with Crippen molar-refractivity contribution >= 4 is 55.8 Å².